The molecule has 2 aromatic heterocycles. The molecular formula is C20H23N5O. The minimum Gasteiger partial charge on any atom is -0.336 e. The van der Waals surface area contributed by atoms with E-state index in [0.717, 1.165) is 30.8 Å². The molecule has 0 spiro atoms. The van der Waals surface area contributed by atoms with Crippen molar-refractivity contribution < 1.29 is 4.79 Å². The first-order chi connectivity index (χ1) is 12.6. The predicted octanol–water partition coefficient (Wildman–Crippen LogP) is 3.16. The van der Waals surface area contributed by atoms with Gasteiger partial charge in [0.25, 0.3) is 5.91 Å². The van der Waals surface area contributed by atoms with Crippen LogP contribution in [-0.4, -0.2) is 43.2 Å². The number of piperidine rings is 1. The van der Waals surface area contributed by atoms with Crippen LogP contribution in [0.1, 0.15) is 40.5 Å². The standard InChI is InChI=1S/C20H23N5O/c1-15-5-3-6-17(11-15)25-16(2)19(12-22-25)20(26)23-9-4-7-18(13-23)24-10-8-21-14-24/h3,5-6,8,10-12,14,18H,4,7,9,13H2,1-2H3. The monoisotopic (exact) mass is 349 g/mol. The van der Waals surface area contributed by atoms with Gasteiger partial charge in [-0.15, -0.1) is 0 Å². The number of rotatable bonds is 3. The quantitative estimate of drug-likeness (QED) is 0.730. The molecule has 4 rings (SSSR count). The lowest BCUT2D eigenvalue weighted by atomic mass is 10.0. The third-order valence-corrected chi connectivity index (χ3v) is 5.12. The second-order valence-corrected chi connectivity index (χ2v) is 6.95. The van der Waals surface area contributed by atoms with Gasteiger partial charge in [0, 0.05) is 25.5 Å². The Labute approximate surface area is 153 Å². The van der Waals surface area contributed by atoms with Crippen LogP contribution in [0.3, 0.4) is 0 Å². The maximum absolute atomic E-state index is 13.1. The molecule has 1 aromatic carbocycles. The van der Waals surface area contributed by atoms with E-state index in [-0.39, 0.29) is 5.91 Å². The van der Waals surface area contributed by atoms with E-state index >= 15 is 0 Å². The Morgan fingerprint density at radius 2 is 2.15 bits per heavy atom. The van der Waals surface area contributed by atoms with Crippen molar-refractivity contribution in [3.05, 3.63) is 66.0 Å². The predicted molar refractivity (Wildman–Crippen MR) is 99.4 cm³/mol. The molecule has 0 radical (unpaired) electrons. The summed E-state index contributed by atoms with van der Waals surface area (Å²) in [5.41, 5.74) is 3.71. The maximum Gasteiger partial charge on any atom is 0.257 e. The number of aromatic nitrogens is 4. The zero-order valence-electron chi connectivity index (χ0n) is 15.2. The van der Waals surface area contributed by atoms with Crippen LogP contribution in [0.15, 0.2) is 49.2 Å². The van der Waals surface area contributed by atoms with E-state index in [1.54, 1.807) is 12.4 Å². The van der Waals surface area contributed by atoms with Crippen LogP contribution in [0.25, 0.3) is 5.69 Å². The van der Waals surface area contributed by atoms with Crippen LogP contribution < -0.4 is 0 Å². The lowest BCUT2D eigenvalue weighted by molar-refractivity contribution is 0.0678. The zero-order valence-corrected chi connectivity index (χ0v) is 15.2. The van der Waals surface area contributed by atoms with Crippen LogP contribution in [0.2, 0.25) is 0 Å². The number of hydrogen-bond donors (Lipinski definition) is 0. The van der Waals surface area contributed by atoms with Gasteiger partial charge in [0.2, 0.25) is 0 Å². The maximum atomic E-state index is 13.1. The summed E-state index contributed by atoms with van der Waals surface area (Å²) in [6.45, 7) is 5.52. The molecule has 1 amide bonds. The first-order valence-corrected chi connectivity index (χ1v) is 9.02. The Kier molecular flexibility index (Phi) is 4.32. The van der Waals surface area contributed by atoms with Gasteiger partial charge in [0.1, 0.15) is 0 Å². The molecule has 1 aliphatic rings. The smallest absolute Gasteiger partial charge is 0.257 e. The molecule has 6 heteroatoms. The van der Waals surface area contributed by atoms with E-state index < -0.39 is 0 Å². The highest BCUT2D eigenvalue weighted by Gasteiger charge is 2.27. The van der Waals surface area contributed by atoms with Gasteiger partial charge >= 0.3 is 0 Å². The van der Waals surface area contributed by atoms with E-state index in [0.29, 0.717) is 18.2 Å². The average molecular weight is 349 g/mol. The summed E-state index contributed by atoms with van der Waals surface area (Å²) >= 11 is 0. The fourth-order valence-electron chi connectivity index (χ4n) is 3.68. The summed E-state index contributed by atoms with van der Waals surface area (Å²) < 4.78 is 3.94. The second-order valence-electron chi connectivity index (χ2n) is 6.95. The van der Waals surface area contributed by atoms with Crippen LogP contribution >= 0.6 is 0 Å². The molecule has 1 atom stereocenters. The summed E-state index contributed by atoms with van der Waals surface area (Å²) in [4.78, 5) is 19.2. The van der Waals surface area contributed by atoms with Gasteiger partial charge < -0.3 is 9.47 Å². The van der Waals surface area contributed by atoms with E-state index in [9.17, 15) is 4.79 Å². The molecule has 6 nitrogen and oxygen atoms in total. The molecule has 26 heavy (non-hydrogen) atoms. The summed E-state index contributed by atoms with van der Waals surface area (Å²) in [6, 6.07) is 8.44. The lowest BCUT2D eigenvalue weighted by Crippen LogP contribution is -2.40. The highest BCUT2D eigenvalue weighted by atomic mass is 16.2. The van der Waals surface area contributed by atoms with Crippen molar-refractivity contribution in [2.75, 3.05) is 13.1 Å². The molecule has 134 valence electrons. The SMILES string of the molecule is Cc1cccc(-n2ncc(C(=O)N3CCCC(n4ccnc4)C3)c2C)c1. The Hall–Kier alpha value is -2.89. The number of hydrogen-bond acceptors (Lipinski definition) is 3. The summed E-state index contributed by atoms with van der Waals surface area (Å²) in [5.74, 6) is 0.0613. The van der Waals surface area contributed by atoms with Crippen molar-refractivity contribution in [3.63, 3.8) is 0 Å². The highest BCUT2D eigenvalue weighted by Crippen LogP contribution is 2.24. The highest BCUT2D eigenvalue weighted by molar-refractivity contribution is 5.95. The van der Waals surface area contributed by atoms with Gasteiger partial charge in [-0.05, 0) is 44.4 Å². The van der Waals surface area contributed by atoms with E-state index in [1.807, 2.05) is 41.2 Å². The van der Waals surface area contributed by atoms with Crippen molar-refractivity contribution in [3.8, 4) is 5.69 Å². The fraction of sp³-hybridized carbons (Fsp3) is 0.350. The van der Waals surface area contributed by atoms with Crippen molar-refractivity contribution in [1.82, 2.24) is 24.2 Å². The van der Waals surface area contributed by atoms with Crippen molar-refractivity contribution in [2.45, 2.75) is 32.7 Å². The zero-order chi connectivity index (χ0) is 18.1. The van der Waals surface area contributed by atoms with Gasteiger partial charge in [-0.25, -0.2) is 9.67 Å². The normalized spacial score (nSPS) is 17.5. The number of aryl methyl sites for hydroxylation is 1. The van der Waals surface area contributed by atoms with Crippen molar-refractivity contribution >= 4 is 5.91 Å². The minimum atomic E-state index is 0.0613. The van der Waals surface area contributed by atoms with E-state index in [4.69, 9.17) is 0 Å². The molecule has 1 fully saturated rings. The lowest BCUT2D eigenvalue weighted by Gasteiger charge is -2.33. The third-order valence-electron chi connectivity index (χ3n) is 5.12. The molecule has 1 aliphatic heterocycles. The molecular weight excluding hydrogens is 326 g/mol. The Balaban J connectivity index is 1.57. The van der Waals surface area contributed by atoms with E-state index in [2.05, 4.69) is 33.7 Å². The molecule has 3 heterocycles. The number of amides is 1. The average Bonchev–Trinajstić information content (AvgIpc) is 3.31. The molecule has 0 bridgehead atoms. The van der Waals surface area contributed by atoms with E-state index in [1.165, 1.54) is 5.56 Å². The van der Waals surface area contributed by atoms with Gasteiger partial charge in [0.05, 0.1) is 35.5 Å². The Bertz CT molecular complexity index is 912. The third kappa shape index (κ3) is 3.03. The largest absolute Gasteiger partial charge is 0.336 e. The number of carbonyl (C=O) groups excluding carboxylic acids is 1. The Morgan fingerprint density at radius 3 is 2.92 bits per heavy atom. The summed E-state index contributed by atoms with van der Waals surface area (Å²) in [5, 5.41) is 4.47. The summed E-state index contributed by atoms with van der Waals surface area (Å²) in [7, 11) is 0. The topological polar surface area (TPSA) is 56.0 Å². The number of imidazole rings is 1. The number of benzene rings is 1. The Morgan fingerprint density at radius 1 is 1.27 bits per heavy atom. The van der Waals surface area contributed by atoms with Gasteiger partial charge in [-0.2, -0.15) is 5.10 Å². The second kappa shape index (κ2) is 6.78. The van der Waals surface area contributed by atoms with Crippen LogP contribution in [0.5, 0.6) is 0 Å². The molecule has 0 N–H and O–H groups in total. The first-order valence-electron chi connectivity index (χ1n) is 9.02. The van der Waals surface area contributed by atoms with Crippen molar-refractivity contribution in [2.24, 2.45) is 0 Å². The fourth-order valence-corrected chi connectivity index (χ4v) is 3.68. The molecule has 0 aliphatic carbocycles. The van der Waals surface area contributed by atoms with Crippen LogP contribution in [0.4, 0.5) is 0 Å². The molecule has 1 saturated heterocycles. The van der Waals surface area contributed by atoms with Crippen molar-refractivity contribution in [1.29, 1.82) is 0 Å². The summed E-state index contributed by atoms with van der Waals surface area (Å²) in [6.07, 6.45) is 9.36. The van der Waals surface area contributed by atoms with Gasteiger partial charge in [0.15, 0.2) is 0 Å². The number of carbonyl (C=O) groups is 1. The molecule has 0 saturated carbocycles. The first kappa shape index (κ1) is 16.6. The minimum absolute atomic E-state index is 0.0613. The number of nitrogens with zero attached hydrogens (tertiary/aromatic N) is 5. The van der Waals surface area contributed by atoms with Gasteiger partial charge in [-0.3, -0.25) is 4.79 Å². The molecule has 3 aromatic rings. The van der Waals surface area contributed by atoms with Gasteiger partial charge in [-0.1, -0.05) is 12.1 Å². The van der Waals surface area contributed by atoms with Crippen LogP contribution in [-0.2, 0) is 0 Å². The number of likely N-dealkylation sites (tertiary alicyclic amines) is 1. The van der Waals surface area contributed by atoms with Crippen LogP contribution in [0, 0.1) is 13.8 Å². The molecule has 1 unspecified atom stereocenters.